The first-order chi connectivity index (χ1) is 22.8. The molecule has 3 N–H and O–H groups in total. The molecular formula is C33H38FN11O2. The zero-order valence-corrected chi connectivity index (χ0v) is 26.8. The van der Waals surface area contributed by atoms with Crippen molar-refractivity contribution in [3.05, 3.63) is 59.9 Å². The first kappa shape index (κ1) is 30.5. The van der Waals surface area contributed by atoms with Gasteiger partial charge < -0.3 is 25.3 Å². The molecule has 0 saturated carbocycles. The molecule has 47 heavy (non-hydrogen) atoms. The zero-order valence-electron chi connectivity index (χ0n) is 26.8. The second-order valence-corrected chi connectivity index (χ2v) is 12.3. The number of anilines is 4. The van der Waals surface area contributed by atoms with Crippen molar-refractivity contribution in [2.24, 2.45) is 7.05 Å². The number of hydrogen-bond acceptors (Lipinski definition) is 10. The van der Waals surface area contributed by atoms with Gasteiger partial charge in [-0.25, -0.2) is 19.3 Å². The maximum atomic E-state index is 14.5. The van der Waals surface area contributed by atoms with Crippen LogP contribution in [0.25, 0.3) is 22.2 Å². The Bertz CT molecular complexity index is 1900. The number of benzene rings is 1. The van der Waals surface area contributed by atoms with Crippen LogP contribution in [-0.2, 0) is 11.8 Å². The summed E-state index contributed by atoms with van der Waals surface area (Å²) in [6, 6.07) is 7.91. The van der Waals surface area contributed by atoms with Gasteiger partial charge in [-0.1, -0.05) is 12.1 Å². The Morgan fingerprint density at radius 2 is 1.96 bits per heavy atom. The largest absolute Gasteiger partial charge is 0.459 e. The second-order valence-electron chi connectivity index (χ2n) is 12.3. The molecule has 0 bridgehead atoms. The third-order valence-electron chi connectivity index (χ3n) is 8.80. The fraction of sp³-hybridized carbons (Fsp3) is 0.394. The normalized spacial score (nSPS) is 16.9. The number of amides is 1. The van der Waals surface area contributed by atoms with Gasteiger partial charge in [-0.15, -0.1) is 0 Å². The highest BCUT2D eigenvalue weighted by Crippen LogP contribution is 2.33. The van der Waals surface area contributed by atoms with Crippen molar-refractivity contribution in [2.75, 3.05) is 48.3 Å². The average Bonchev–Trinajstić information content (AvgIpc) is 3.78. The summed E-state index contributed by atoms with van der Waals surface area (Å²) in [4.78, 5) is 38.2. The lowest BCUT2D eigenvalue weighted by Gasteiger charge is -2.28. The number of ether oxygens (including phenoxy) is 1. The minimum atomic E-state index is -0.433. The van der Waals surface area contributed by atoms with Gasteiger partial charge in [0.1, 0.15) is 6.10 Å². The third-order valence-corrected chi connectivity index (χ3v) is 8.80. The van der Waals surface area contributed by atoms with Crippen LogP contribution in [0.1, 0.15) is 36.9 Å². The smallest absolute Gasteiger partial charge is 0.318 e. The van der Waals surface area contributed by atoms with Gasteiger partial charge in [0.05, 0.1) is 29.6 Å². The highest BCUT2D eigenvalue weighted by Gasteiger charge is 2.27. The van der Waals surface area contributed by atoms with E-state index in [-0.39, 0.29) is 24.6 Å². The number of H-pyrrole nitrogens is 1. The van der Waals surface area contributed by atoms with E-state index in [9.17, 15) is 9.18 Å². The van der Waals surface area contributed by atoms with Gasteiger partial charge >= 0.3 is 6.01 Å². The summed E-state index contributed by atoms with van der Waals surface area (Å²) in [6.07, 6.45) is 8.59. The Hall–Kier alpha value is -5.11. The first-order valence-electron chi connectivity index (χ1n) is 16.0. The maximum Gasteiger partial charge on any atom is 0.318 e. The van der Waals surface area contributed by atoms with Crippen molar-refractivity contribution in [1.29, 1.82) is 0 Å². The lowest BCUT2D eigenvalue weighted by Crippen LogP contribution is -2.33. The van der Waals surface area contributed by atoms with Crippen molar-refractivity contribution < 1.29 is 13.9 Å². The predicted octanol–water partition coefficient (Wildman–Crippen LogP) is 4.73. The summed E-state index contributed by atoms with van der Waals surface area (Å²) in [5.41, 5.74) is 5.12. The number of aromatic amines is 1. The van der Waals surface area contributed by atoms with Crippen LogP contribution in [0.3, 0.4) is 0 Å². The number of halogens is 1. The molecule has 14 heteroatoms. The van der Waals surface area contributed by atoms with E-state index >= 15 is 0 Å². The molecule has 1 aromatic carbocycles. The predicted molar refractivity (Wildman–Crippen MR) is 177 cm³/mol. The highest BCUT2D eigenvalue weighted by atomic mass is 19.1. The number of nitrogens with zero attached hydrogens (tertiary/aromatic N) is 8. The Morgan fingerprint density at radius 1 is 1.11 bits per heavy atom. The van der Waals surface area contributed by atoms with Gasteiger partial charge in [0.2, 0.25) is 11.9 Å². The van der Waals surface area contributed by atoms with Gasteiger partial charge in [-0.05, 0) is 51.2 Å². The number of carbonyl (C=O) groups excluding carboxylic acids is 1. The van der Waals surface area contributed by atoms with E-state index in [1.807, 2.05) is 61.2 Å². The summed E-state index contributed by atoms with van der Waals surface area (Å²) in [5.74, 6) is 0.860. The summed E-state index contributed by atoms with van der Waals surface area (Å²) >= 11 is 0. The van der Waals surface area contributed by atoms with E-state index in [0.717, 1.165) is 72.2 Å². The molecule has 1 atom stereocenters. The molecule has 0 spiro atoms. The molecule has 244 valence electrons. The third kappa shape index (κ3) is 6.59. The van der Waals surface area contributed by atoms with E-state index in [4.69, 9.17) is 9.72 Å². The highest BCUT2D eigenvalue weighted by molar-refractivity contribution is 6.06. The van der Waals surface area contributed by atoms with Crippen molar-refractivity contribution >= 4 is 40.1 Å². The van der Waals surface area contributed by atoms with Gasteiger partial charge in [-0.3, -0.25) is 14.4 Å². The van der Waals surface area contributed by atoms with Crippen molar-refractivity contribution in [1.82, 2.24) is 39.6 Å². The van der Waals surface area contributed by atoms with E-state index < -0.39 is 5.82 Å². The molecule has 13 nitrogen and oxygen atoms in total. The number of rotatable bonds is 9. The number of piperidine rings is 1. The Morgan fingerprint density at radius 3 is 2.77 bits per heavy atom. The van der Waals surface area contributed by atoms with Crippen molar-refractivity contribution in [3.63, 3.8) is 0 Å². The number of fused-ring (bicyclic) bond motifs is 1. The minimum Gasteiger partial charge on any atom is -0.459 e. The average molecular weight is 640 g/mol. The quantitative estimate of drug-likeness (QED) is 0.207. The fourth-order valence-corrected chi connectivity index (χ4v) is 6.27. The number of aromatic nitrogens is 7. The van der Waals surface area contributed by atoms with Crippen LogP contribution < -0.4 is 20.3 Å². The van der Waals surface area contributed by atoms with Crippen LogP contribution in [0.5, 0.6) is 6.01 Å². The lowest BCUT2D eigenvalue weighted by molar-refractivity contribution is -0.117. The van der Waals surface area contributed by atoms with Crippen molar-refractivity contribution in [2.45, 2.75) is 45.6 Å². The molecule has 4 aromatic heterocycles. The minimum absolute atomic E-state index is 0.130. The summed E-state index contributed by atoms with van der Waals surface area (Å²) in [5, 5.41) is 11.6. The van der Waals surface area contributed by atoms with E-state index in [1.54, 1.807) is 10.9 Å². The molecule has 7 rings (SSSR count). The standard InChI is InChI=1S/C33H38FN11O2/c1-20-15-36-32(39-27-14-21(2)43(3)42-27)40-29(20)24-16-35-30-23(24)8-7-9-26(30)38-28(46)19-44-13-10-22(18-44)47-33-37-17-25(34)31(41-33)45-11-5-4-6-12-45/h7-9,14-17,22,35H,4-6,10-13,18-19H2,1-3H3,(H,38,46)(H,36,39,40,42)/t22-/m0/s1. The molecule has 2 aliphatic rings. The molecule has 0 radical (unpaired) electrons. The summed E-state index contributed by atoms with van der Waals surface area (Å²) < 4.78 is 22.3. The molecule has 1 amide bonds. The number of hydrogen-bond donors (Lipinski definition) is 3. The Kier molecular flexibility index (Phi) is 8.41. The van der Waals surface area contributed by atoms with E-state index in [0.29, 0.717) is 36.4 Å². The second kappa shape index (κ2) is 12.9. The van der Waals surface area contributed by atoms with Crippen LogP contribution in [-0.4, -0.2) is 84.3 Å². The molecule has 0 aliphatic carbocycles. The Labute approximate surface area is 271 Å². The molecule has 5 aromatic rings. The molecule has 6 heterocycles. The zero-order chi connectivity index (χ0) is 32.5. The molecular weight excluding hydrogens is 601 g/mol. The molecule has 2 fully saturated rings. The summed E-state index contributed by atoms with van der Waals surface area (Å²) in [7, 11) is 1.89. The lowest BCUT2D eigenvalue weighted by atomic mass is 10.1. The van der Waals surface area contributed by atoms with Gasteiger partial charge in [0, 0.05) is 68.3 Å². The molecule has 2 aliphatic heterocycles. The Balaban J connectivity index is 0.994. The van der Waals surface area contributed by atoms with Crippen LogP contribution in [0, 0.1) is 19.7 Å². The van der Waals surface area contributed by atoms with Gasteiger partial charge in [-0.2, -0.15) is 10.1 Å². The van der Waals surface area contributed by atoms with Crippen LogP contribution in [0.4, 0.5) is 27.7 Å². The SMILES string of the molecule is Cc1cnc(Nc2cc(C)n(C)n2)nc1-c1c[nH]c2c(NC(=O)CN3CC[C@H](Oc4ncc(F)c(N5CCCCC5)n4)C3)cccc12. The first-order valence-corrected chi connectivity index (χ1v) is 16.0. The number of para-hydroxylation sites is 1. The van der Waals surface area contributed by atoms with Gasteiger partial charge in [0.15, 0.2) is 17.5 Å². The van der Waals surface area contributed by atoms with E-state index in [2.05, 4.69) is 35.7 Å². The van der Waals surface area contributed by atoms with Crippen LogP contribution in [0.2, 0.25) is 0 Å². The van der Waals surface area contributed by atoms with Gasteiger partial charge in [0.25, 0.3) is 0 Å². The monoisotopic (exact) mass is 639 g/mol. The molecule has 0 unspecified atom stereocenters. The van der Waals surface area contributed by atoms with E-state index in [1.165, 1.54) is 6.20 Å². The topological polar surface area (TPSA) is 142 Å². The molecule has 2 saturated heterocycles. The summed E-state index contributed by atoms with van der Waals surface area (Å²) in [6.45, 7) is 6.96. The number of aryl methyl sites for hydroxylation is 3. The number of nitrogens with one attached hydrogen (secondary N) is 3. The number of carbonyl (C=O) groups is 1. The van der Waals surface area contributed by atoms with Crippen LogP contribution in [0.15, 0.2) is 42.9 Å². The fourth-order valence-electron chi connectivity index (χ4n) is 6.27. The maximum absolute atomic E-state index is 14.5. The van der Waals surface area contributed by atoms with Crippen molar-refractivity contribution in [3.8, 4) is 17.3 Å². The van der Waals surface area contributed by atoms with Crippen LogP contribution >= 0.6 is 0 Å². The number of likely N-dealkylation sites (tertiary alicyclic amines) is 1.